The Morgan fingerprint density at radius 3 is 2.72 bits per heavy atom. The highest BCUT2D eigenvalue weighted by molar-refractivity contribution is 5.44. The molecule has 1 aromatic rings. The summed E-state index contributed by atoms with van der Waals surface area (Å²) in [4.78, 5) is 4.44. The standard InChI is InChI=1S/C15H21N3/c1-12-8-13(10-16)9-14(18-12)17-11-15(2)6-4-3-5-7-15/h8-9H,3-7,11H2,1-2H3,(H,17,18). The van der Waals surface area contributed by atoms with E-state index in [0.29, 0.717) is 11.0 Å². The van der Waals surface area contributed by atoms with E-state index < -0.39 is 0 Å². The summed E-state index contributed by atoms with van der Waals surface area (Å²) in [6, 6.07) is 5.82. The maximum absolute atomic E-state index is 8.95. The van der Waals surface area contributed by atoms with Crippen molar-refractivity contribution in [1.82, 2.24) is 4.98 Å². The van der Waals surface area contributed by atoms with Gasteiger partial charge in [-0.3, -0.25) is 0 Å². The first-order valence-electron chi connectivity index (χ1n) is 6.74. The van der Waals surface area contributed by atoms with Gasteiger partial charge in [0.25, 0.3) is 0 Å². The monoisotopic (exact) mass is 243 g/mol. The maximum atomic E-state index is 8.95. The second-order valence-corrected chi connectivity index (χ2v) is 5.72. The molecule has 18 heavy (non-hydrogen) atoms. The maximum Gasteiger partial charge on any atom is 0.127 e. The Balaban J connectivity index is 2.01. The van der Waals surface area contributed by atoms with E-state index in [1.807, 2.05) is 19.1 Å². The lowest BCUT2D eigenvalue weighted by Gasteiger charge is -2.33. The van der Waals surface area contributed by atoms with Gasteiger partial charge in [-0.1, -0.05) is 26.2 Å². The van der Waals surface area contributed by atoms with Crippen LogP contribution in [0, 0.1) is 23.7 Å². The molecule has 0 radical (unpaired) electrons. The van der Waals surface area contributed by atoms with Crippen molar-refractivity contribution < 1.29 is 0 Å². The van der Waals surface area contributed by atoms with Crippen LogP contribution in [0.5, 0.6) is 0 Å². The van der Waals surface area contributed by atoms with E-state index in [1.54, 1.807) is 0 Å². The number of nitriles is 1. The number of rotatable bonds is 3. The number of hydrogen-bond acceptors (Lipinski definition) is 3. The van der Waals surface area contributed by atoms with Gasteiger partial charge in [0.05, 0.1) is 11.6 Å². The quantitative estimate of drug-likeness (QED) is 0.881. The van der Waals surface area contributed by atoms with Crippen LogP contribution < -0.4 is 5.32 Å². The molecule has 1 saturated carbocycles. The molecule has 0 amide bonds. The van der Waals surface area contributed by atoms with Crippen molar-refractivity contribution >= 4 is 5.82 Å². The summed E-state index contributed by atoms with van der Waals surface area (Å²) in [5, 5.41) is 12.4. The molecule has 1 fully saturated rings. The predicted molar refractivity (Wildman–Crippen MR) is 73.4 cm³/mol. The van der Waals surface area contributed by atoms with Gasteiger partial charge in [0.15, 0.2) is 0 Å². The fourth-order valence-corrected chi connectivity index (χ4v) is 2.71. The number of aryl methyl sites for hydroxylation is 1. The highest BCUT2D eigenvalue weighted by atomic mass is 15.0. The number of aromatic nitrogens is 1. The van der Waals surface area contributed by atoms with Crippen LogP contribution in [0.2, 0.25) is 0 Å². The third-order valence-electron chi connectivity index (χ3n) is 3.84. The van der Waals surface area contributed by atoms with Crippen molar-refractivity contribution in [3.05, 3.63) is 23.4 Å². The molecule has 2 rings (SSSR count). The minimum atomic E-state index is 0.385. The van der Waals surface area contributed by atoms with Gasteiger partial charge in [-0.15, -0.1) is 0 Å². The Bertz CT molecular complexity index is 453. The zero-order valence-electron chi connectivity index (χ0n) is 11.3. The summed E-state index contributed by atoms with van der Waals surface area (Å²) in [6.45, 7) is 5.23. The van der Waals surface area contributed by atoms with E-state index in [-0.39, 0.29) is 0 Å². The van der Waals surface area contributed by atoms with Crippen molar-refractivity contribution in [2.75, 3.05) is 11.9 Å². The van der Waals surface area contributed by atoms with E-state index in [9.17, 15) is 0 Å². The third kappa shape index (κ3) is 3.22. The van der Waals surface area contributed by atoms with Crippen LogP contribution in [0.4, 0.5) is 5.82 Å². The minimum absolute atomic E-state index is 0.385. The molecule has 0 spiro atoms. The highest BCUT2D eigenvalue weighted by Gasteiger charge is 2.26. The summed E-state index contributed by atoms with van der Waals surface area (Å²) in [6.07, 6.45) is 6.62. The molecule has 3 heteroatoms. The van der Waals surface area contributed by atoms with Gasteiger partial charge in [0.1, 0.15) is 5.82 Å². The normalized spacial score (nSPS) is 18.1. The first-order valence-corrected chi connectivity index (χ1v) is 6.74. The Morgan fingerprint density at radius 2 is 2.06 bits per heavy atom. The van der Waals surface area contributed by atoms with Crippen LogP contribution in [-0.4, -0.2) is 11.5 Å². The largest absolute Gasteiger partial charge is 0.369 e. The molecule has 0 bridgehead atoms. The van der Waals surface area contributed by atoms with Gasteiger partial charge in [-0.05, 0) is 37.3 Å². The number of nitrogens with zero attached hydrogens (tertiary/aromatic N) is 2. The van der Waals surface area contributed by atoms with Crippen molar-refractivity contribution in [3.8, 4) is 6.07 Å². The molecule has 96 valence electrons. The Hall–Kier alpha value is -1.56. The second kappa shape index (κ2) is 5.39. The second-order valence-electron chi connectivity index (χ2n) is 5.72. The van der Waals surface area contributed by atoms with E-state index in [1.165, 1.54) is 32.1 Å². The van der Waals surface area contributed by atoms with Gasteiger partial charge < -0.3 is 5.32 Å². The Morgan fingerprint density at radius 1 is 1.33 bits per heavy atom. The van der Waals surface area contributed by atoms with Crippen molar-refractivity contribution in [1.29, 1.82) is 5.26 Å². The van der Waals surface area contributed by atoms with E-state index in [2.05, 4.69) is 23.3 Å². The fourth-order valence-electron chi connectivity index (χ4n) is 2.71. The van der Waals surface area contributed by atoms with Crippen LogP contribution in [0.1, 0.15) is 50.3 Å². The SMILES string of the molecule is Cc1cc(C#N)cc(NCC2(C)CCCCC2)n1. The number of hydrogen-bond donors (Lipinski definition) is 1. The van der Waals surface area contributed by atoms with Crippen LogP contribution in [-0.2, 0) is 0 Å². The molecule has 1 aromatic heterocycles. The average Bonchev–Trinajstić information content (AvgIpc) is 2.37. The molecule has 0 atom stereocenters. The fraction of sp³-hybridized carbons (Fsp3) is 0.600. The summed E-state index contributed by atoms with van der Waals surface area (Å²) in [5.41, 5.74) is 1.96. The molecule has 1 N–H and O–H groups in total. The first kappa shape index (κ1) is 12.9. The molecule has 0 saturated heterocycles. The van der Waals surface area contributed by atoms with Crippen molar-refractivity contribution in [2.45, 2.75) is 46.0 Å². The molecule has 1 aliphatic carbocycles. The lowest BCUT2D eigenvalue weighted by Crippen LogP contribution is -2.29. The third-order valence-corrected chi connectivity index (χ3v) is 3.84. The van der Waals surface area contributed by atoms with Gasteiger partial charge in [0.2, 0.25) is 0 Å². The molecule has 0 aliphatic heterocycles. The summed E-state index contributed by atoms with van der Waals surface area (Å²) in [5.74, 6) is 0.832. The number of anilines is 1. The number of nitrogens with one attached hydrogen (secondary N) is 1. The van der Waals surface area contributed by atoms with Crippen LogP contribution in [0.15, 0.2) is 12.1 Å². The lowest BCUT2D eigenvalue weighted by atomic mass is 9.76. The predicted octanol–water partition coefficient (Wildman–Crippen LogP) is 3.64. The molecule has 1 heterocycles. The summed E-state index contributed by atoms with van der Waals surface area (Å²) >= 11 is 0. The molecule has 0 aromatic carbocycles. The average molecular weight is 243 g/mol. The number of pyridine rings is 1. The molecule has 3 nitrogen and oxygen atoms in total. The Kier molecular flexibility index (Phi) is 3.86. The Labute approximate surface area is 109 Å². The smallest absolute Gasteiger partial charge is 0.127 e. The lowest BCUT2D eigenvalue weighted by molar-refractivity contribution is 0.233. The minimum Gasteiger partial charge on any atom is -0.369 e. The zero-order valence-corrected chi connectivity index (χ0v) is 11.3. The first-order chi connectivity index (χ1) is 8.61. The van der Waals surface area contributed by atoms with Crippen molar-refractivity contribution in [2.24, 2.45) is 5.41 Å². The van der Waals surface area contributed by atoms with E-state index in [4.69, 9.17) is 5.26 Å². The summed E-state index contributed by atoms with van der Waals surface area (Å²) in [7, 11) is 0. The van der Waals surface area contributed by atoms with E-state index >= 15 is 0 Å². The van der Waals surface area contributed by atoms with Gasteiger partial charge in [-0.2, -0.15) is 5.26 Å². The molecule has 0 unspecified atom stereocenters. The van der Waals surface area contributed by atoms with Gasteiger partial charge >= 0.3 is 0 Å². The van der Waals surface area contributed by atoms with E-state index in [0.717, 1.165) is 18.1 Å². The van der Waals surface area contributed by atoms with Crippen molar-refractivity contribution in [3.63, 3.8) is 0 Å². The topological polar surface area (TPSA) is 48.7 Å². The van der Waals surface area contributed by atoms with Gasteiger partial charge in [-0.25, -0.2) is 4.98 Å². The van der Waals surface area contributed by atoms with Crippen LogP contribution >= 0.6 is 0 Å². The molecular weight excluding hydrogens is 222 g/mol. The molecular formula is C15H21N3. The highest BCUT2D eigenvalue weighted by Crippen LogP contribution is 2.35. The molecule has 1 aliphatic rings. The van der Waals surface area contributed by atoms with Gasteiger partial charge in [0, 0.05) is 12.2 Å². The van der Waals surface area contributed by atoms with Crippen LogP contribution in [0.25, 0.3) is 0 Å². The zero-order chi connectivity index (χ0) is 13.0. The summed E-state index contributed by atoms with van der Waals surface area (Å²) < 4.78 is 0. The van der Waals surface area contributed by atoms with Crippen LogP contribution in [0.3, 0.4) is 0 Å².